The van der Waals surface area contributed by atoms with E-state index in [0.29, 0.717) is 58.2 Å². The van der Waals surface area contributed by atoms with Gasteiger partial charge in [-0.2, -0.15) is 7.82 Å². The van der Waals surface area contributed by atoms with E-state index in [1.54, 1.807) is 0 Å². The minimum atomic E-state index is -5.39. The molecule has 0 amide bonds. The SMILES string of the molecule is N=C(N)NCCC[C@H](N)C(=O)O.N=C(N)NCCC[C@H](N)C(=O)O.N=C(N)NCCC[C@H](N)C(=O)O.O=P([O-])([O-])[O-].[Na+].[Na+].[Na+]. The zero-order valence-corrected chi connectivity index (χ0v) is 32.1. The average Bonchev–Trinajstić information content (AvgIpc) is 2.81. The minimum absolute atomic E-state index is 0. The van der Waals surface area contributed by atoms with E-state index >= 15 is 0 Å². The topological polar surface area (TPSA) is 462 Å². The van der Waals surface area contributed by atoms with Crippen LogP contribution >= 0.6 is 7.82 Å². The van der Waals surface area contributed by atoms with Gasteiger partial charge in [0.05, 0.1) is 0 Å². The molecule has 0 aliphatic heterocycles. The van der Waals surface area contributed by atoms with E-state index in [1.807, 2.05) is 0 Å². The molecular weight excluding hydrogens is 644 g/mol. The van der Waals surface area contributed by atoms with Gasteiger partial charge < -0.3 is 84.9 Å². The number of aliphatic carboxylic acids is 3. The van der Waals surface area contributed by atoms with E-state index in [4.69, 9.17) is 85.2 Å². The minimum Gasteiger partial charge on any atom is -0.822 e. The first kappa shape index (κ1) is 58.7. The number of rotatable bonds is 15. The number of phosphoric acid groups is 1. The Balaban J connectivity index is -0.0000000839. The maximum Gasteiger partial charge on any atom is 1.00 e. The number of carboxylic acid groups (broad SMARTS) is 3. The molecule has 0 aromatic carbocycles. The first-order valence-electron chi connectivity index (χ1n) is 11.5. The van der Waals surface area contributed by atoms with Crippen LogP contribution in [0.2, 0.25) is 0 Å². The standard InChI is InChI=1S/3C6H14N4O2.3Na.H3O4P/c3*7-4(5(11)12)2-1-3-10-6(8)9;;;;1-5(2,3)4/h3*4H,1-3,7H2,(H,11,12)(H4,8,9,10);;;;(H3,1,2,3,4)/q;;;3*+1;/p-3/t3*4-;;;;/m000..../s1. The predicted molar refractivity (Wildman–Crippen MR) is 142 cm³/mol. The molecule has 0 saturated carbocycles. The molecule has 44 heavy (non-hydrogen) atoms. The van der Waals surface area contributed by atoms with Crippen LogP contribution < -0.4 is 154 Å². The molecule has 0 aliphatic carbocycles. The van der Waals surface area contributed by atoms with Gasteiger partial charge in [0.15, 0.2) is 17.9 Å². The number of hydrogen-bond acceptors (Lipinski definition) is 13. The van der Waals surface area contributed by atoms with E-state index in [1.165, 1.54) is 0 Å². The van der Waals surface area contributed by atoms with Crippen LogP contribution in [0.25, 0.3) is 0 Å². The van der Waals surface area contributed by atoms with Gasteiger partial charge in [-0.3, -0.25) is 30.6 Å². The summed E-state index contributed by atoms with van der Waals surface area (Å²) >= 11 is 0. The van der Waals surface area contributed by atoms with Gasteiger partial charge in [0.1, 0.15) is 18.1 Å². The number of nitrogens with two attached hydrogens (primary N) is 6. The van der Waals surface area contributed by atoms with Crippen LogP contribution in [0.15, 0.2) is 0 Å². The molecule has 0 radical (unpaired) electrons. The molecule has 0 aromatic rings. The van der Waals surface area contributed by atoms with Crippen molar-refractivity contribution >= 4 is 43.6 Å². The molecule has 0 bridgehead atoms. The molecule has 0 heterocycles. The summed E-state index contributed by atoms with van der Waals surface area (Å²) in [6, 6.07) is -2.46. The van der Waals surface area contributed by atoms with Crippen LogP contribution in [0.5, 0.6) is 0 Å². The number of hydrogen-bond donors (Lipinski definition) is 15. The molecule has 22 nitrogen and oxygen atoms in total. The fourth-order valence-corrected chi connectivity index (χ4v) is 2.01. The molecule has 0 saturated heterocycles. The van der Waals surface area contributed by atoms with Crippen molar-refractivity contribution in [3.63, 3.8) is 0 Å². The van der Waals surface area contributed by atoms with Gasteiger partial charge in [-0.1, -0.05) is 0 Å². The molecule has 242 valence electrons. The second-order valence-electron chi connectivity index (χ2n) is 7.73. The van der Waals surface area contributed by atoms with E-state index < -0.39 is 43.9 Å². The monoisotopic (exact) mass is 686 g/mol. The Morgan fingerprint density at radius 3 is 0.864 bits per heavy atom. The van der Waals surface area contributed by atoms with E-state index in [-0.39, 0.29) is 107 Å². The smallest absolute Gasteiger partial charge is 0.822 e. The van der Waals surface area contributed by atoms with Crippen molar-refractivity contribution in [3.8, 4) is 0 Å². The van der Waals surface area contributed by atoms with Crippen LogP contribution in [0.1, 0.15) is 38.5 Å². The van der Waals surface area contributed by atoms with Gasteiger partial charge in [0.25, 0.3) is 0 Å². The van der Waals surface area contributed by atoms with Crippen LogP contribution in [0, 0.1) is 16.2 Å². The Morgan fingerprint density at radius 2 is 0.750 bits per heavy atom. The first-order chi connectivity index (χ1) is 18.6. The molecular formula is C18H42N12Na3O10P. The van der Waals surface area contributed by atoms with Gasteiger partial charge in [-0.25, -0.2) is 0 Å². The number of carbonyl (C=O) groups is 3. The number of carboxylic acids is 3. The van der Waals surface area contributed by atoms with Crippen molar-refractivity contribution in [1.29, 1.82) is 16.2 Å². The maximum absolute atomic E-state index is 10.2. The summed E-state index contributed by atoms with van der Waals surface area (Å²) in [4.78, 5) is 56.3. The Hall–Kier alpha value is -0.790. The molecule has 26 heteroatoms. The van der Waals surface area contributed by atoms with Crippen molar-refractivity contribution in [3.05, 3.63) is 0 Å². The van der Waals surface area contributed by atoms with Gasteiger partial charge in [0.2, 0.25) is 0 Å². The zero-order chi connectivity index (χ0) is 33.2. The summed E-state index contributed by atoms with van der Waals surface area (Å²) in [5.41, 5.74) is 30.6. The average molecular weight is 687 g/mol. The summed E-state index contributed by atoms with van der Waals surface area (Å²) in [7, 11) is -5.39. The summed E-state index contributed by atoms with van der Waals surface area (Å²) in [5.74, 6) is -3.34. The first-order valence-corrected chi connectivity index (χ1v) is 13.0. The third kappa shape index (κ3) is 64.2. The fourth-order valence-electron chi connectivity index (χ4n) is 2.01. The molecule has 0 aliphatic rings. The fraction of sp³-hybridized carbons (Fsp3) is 0.667. The van der Waals surface area contributed by atoms with Gasteiger partial charge in [-0.15, -0.1) is 0 Å². The van der Waals surface area contributed by atoms with Crippen molar-refractivity contribution in [1.82, 2.24) is 16.0 Å². The van der Waals surface area contributed by atoms with Crippen molar-refractivity contribution < 1.29 is 138 Å². The Kier molecular flexibility index (Phi) is 48.9. The van der Waals surface area contributed by atoms with E-state index in [0.717, 1.165) is 0 Å². The van der Waals surface area contributed by atoms with Crippen LogP contribution in [0.3, 0.4) is 0 Å². The summed E-state index contributed by atoms with van der Waals surface area (Å²) in [5, 5.41) is 53.1. The second kappa shape index (κ2) is 36.7. The van der Waals surface area contributed by atoms with Crippen molar-refractivity contribution in [2.24, 2.45) is 34.4 Å². The predicted octanol–water partition coefficient (Wildman–Crippen LogP) is -15.8. The molecule has 0 fully saturated rings. The summed E-state index contributed by atoms with van der Waals surface area (Å²) in [6.07, 6.45) is 2.92. The van der Waals surface area contributed by atoms with Gasteiger partial charge in [0, 0.05) is 19.6 Å². The Bertz CT molecular complexity index is 762. The normalized spacial score (nSPS) is 11.2. The molecule has 3 atom stereocenters. The zero-order valence-electron chi connectivity index (χ0n) is 25.2. The summed E-state index contributed by atoms with van der Waals surface area (Å²) < 4.78 is 8.55. The molecule has 21 N–H and O–H groups in total. The second-order valence-corrected chi connectivity index (χ2v) is 8.62. The van der Waals surface area contributed by atoms with Crippen LogP contribution in [0.4, 0.5) is 0 Å². The summed E-state index contributed by atoms with van der Waals surface area (Å²) in [6.45, 7) is 1.45. The van der Waals surface area contributed by atoms with Crippen LogP contribution in [-0.2, 0) is 18.9 Å². The van der Waals surface area contributed by atoms with Crippen LogP contribution in [-0.4, -0.2) is 88.9 Å². The molecule has 0 rings (SSSR count). The molecule has 0 aromatic heterocycles. The number of guanidine groups is 3. The third-order valence-electron chi connectivity index (χ3n) is 3.97. The van der Waals surface area contributed by atoms with E-state index in [2.05, 4.69) is 16.0 Å². The Morgan fingerprint density at radius 1 is 0.591 bits per heavy atom. The quantitative estimate of drug-likeness (QED) is 0.0250. The van der Waals surface area contributed by atoms with Gasteiger partial charge >= 0.3 is 107 Å². The van der Waals surface area contributed by atoms with Crippen molar-refractivity contribution in [2.75, 3.05) is 19.6 Å². The molecule has 0 unspecified atom stereocenters. The Labute approximate surface area is 321 Å². The number of nitrogens with one attached hydrogen (secondary N) is 6. The third-order valence-corrected chi connectivity index (χ3v) is 3.97. The molecule has 0 spiro atoms. The van der Waals surface area contributed by atoms with Crippen molar-refractivity contribution in [2.45, 2.75) is 56.7 Å². The van der Waals surface area contributed by atoms with Gasteiger partial charge in [-0.05, 0) is 38.5 Å². The van der Waals surface area contributed by atoms with E-state index in [9.17, 15) is 14.4 Å². The largest absolute Gasteiger partial charge is 1.00 e. The maximum atomic E-state index is 10.2.